The molecule has 0 saturated carbocycles. The Morgan fingerprint density at radius 1 is 1.44 bits per heavy atom. The topological polar surface area (TPSA) is 103 Å². The Morgan fingerprint density at radius 3 is 2.67 bits per heavy atom. The third-order valence-corrected chi connectivity index (χ3v) is 2.60. The lowest BCUT2D eigenvalue weighted by molar-refractivity contribution is 0.00718. The predicted molar refractivity (Wildman–Crippen MR) is 65.5 cm³/mol. The fourth-order valence-corrected chi connectivity index (χ4v) is 1.76. The Kier molecular flexibility index (Phi) is 3.08. The van der Waals surface area contributed by atoms with E-state index in [-0.39, 0.29) is 11.5 Å². The molecule has 0 aliphatic heterocycles. The van der Waals surface area contributed by atoms with Crippen molar-refractivity contribution in [3.05, 3.63) is 12.0 Å². The molecule has 0 saturated heterocycles. The van der Waals surface area contributed by atoms with Gasteiger partial charge in [0.15, 0.2) is 0 Å². The molecule has 7 nitrogen and oxygen atoms in total. The van der Waals surface area contributed by atoms with Crippen LogP contribution in [-0.4, -0.2) is 27.4 Å². The second-order valence-corrected chi connectivity index (χ2v) is 5.14. The summed E-state index contributed by atoms with van der Waals surface area (Å²) in [5.74, 6) is 1.23. The number of hydrogen-bond donors (Lipinski definition) is 2. The first-order valence-corrected chi connectivity index (χ1v) is 5.59. The Morgan fingerprint density at radius 2 is 2.17 bits per heavy atom. The van der Waals surface area contributed by atoms with Crippen molar-refractivity contribution in [2.45, 2.75) is 26.9 Å². The van der Waals surface area contributed by atoms with E-state index in [0.29, 0.717) is 23.1 Å². The maximum absolute atomic E-state index is 5.70. The van der Waals surface area contributed by atoms with Crippen LogP contribution in [0.3, 0.4) is 0 Å². The van der Waals surface area contributed by atoms with Gasteiger partial charge in [0, 0.05) is 7.11 Å². The van der Waals surface area contributed by atoms with E-state index in [0.717, 1.165) is 0 Å². The zero-order chi connectivity index (χ0) is 13.3. The number of methoxy groups -OCH3 is 1. The zero-order valence-corrected chi connectivity index (χ0v) is 10.9. The van der Waals surface area contributed by atoms with Crippen molar-refractivity contribution in [3.63, 3.8) is 0 Å². The van der Waals surface area contributed by atoms with E-state index in [4.69, 9.17) is 15.0 Å². The van der Waals surface area contributed by atoms with Crippen LogP contribution in [0.15, 0.2) is 10.7 Å². The average molecular weight is 251 g/mol. The number of rotatable bonds is 3. The first-order chi connectivity index (χ1) is 8.43. The van der Waals surface area contributed by atoms with Crippen LogP contribution < -0.4 is 5.73 Å². The monoisotopic (exact) mass is 251 g/mol. The molecule has 1 atom stereocenters. The predicted octanol–water partition coefficient (Wildman–Crippen LogP) is 1.78. The average Bonchev–Trinajstić information content (AvgIpc) is 2.85. The normalized spacial score (nSPS) is 13.8. The highest BCUT2D eigenvalue weighted by atomic mass is 16.5. The van der Waals surface area contributed by atoms with Gasteiger partial charge in [0.25, 0.3) is 5.89 Å². The van der Waals surface area contributed by atoms with Crippen LogP contribution >= 0.6 is 0 Å². The highest BCUT2D eigenvalue weighted by Crippen LogP contribution is 2.35. The Bertz CT molecular complexity index is 526. The second kappa shape index (κ2) is 4.41. The molecular weight excluding hydrogens is 234 g/mol. The summed E-state index contributed by atoms with van der Waals surface area (Å²) < 4.78 is 10.6. The number of aromatic nitrogens is 4. The molecule has 2 aromatic rings. The number of ether oxygens (including phenoxy) is 1. The minimum atomic E-state index is -0.247. The van der Waals surface area contributed by atoms with Gasteiger partial charge in [0.1, 0.15) is 17.5 Å². The van der Waals surface area contributed by atoms with Gasteiger partial charge >= 0.3 is 0 Å². The van der Waals surface area contributed by atoms with Crippen LogP contribution in [0, 0.1) is 5.41 Å². The van der Waals surface area contributed by atoms with Gasteiger partial charge in [-0.1, -0.05) is 25.9 Å². The molecule has 2 rings (SSSR count). The number of aromatic amines is 1. The molecular formula is C11H17N5O2. The Hall–Kier alpha value is -1.89. The van der Waals surface area contributed by atoms with E-state index in [2.05, 4.69) is 20.3 Å². The van der Waals surface area contributed by atoms with Crippen LogP contribution in [0.25, 0.3) is 11.5 Å². The van der Waals surface area contributed by atoms with Gasteiger partial charge in [0.2, 0.25) is 5.82 Å². The van der Waals surface area contributed by atoms with Crippen molar-refractivity contribution in [3.8, 4) is 11.5 Å². The third-order valence-electron chi connectivity index (χ3n) is 2.60. The molecule has 0 bridgehead atoms. The smallest absolute Gasteiger partial charge is 0.263 e. The summed E-state index contributed by atoms with van der Waals surface area (Å²) >= 11 is 0. The molecule has 0 aromatic carbocycles. The van der Waals surface area contributed by atoms with Crippen molar-refractivity contribution in [2.24, 2.45) is 5.41 Å². The second-order valence-electron chi connectivity index (χ2n) is 5.14. The van der Waals surface area contributed by atoms with Gasteiger partial charge < -0.3 is 15.0 Å². The SMILES string of the molecule is COC(c1noc(-c2cn[nH]c2N)n1)C(C)(C)C. The molecule has 0 fully saturated rings. The number of nitrogen functional groups attached to an aromatic ring is 1. The maximum atomic E-state index is 5.70. The number of anilines is 1. The van der Waals surface area contributed by atoms with Crippen LogP contribution in [0.4, 0.5) is 5.82 Å². The Balaban J connectivity index is 2.33. The molecule has 7 heteroatoms. The summed E-state index contributed by atoms with van der Waals surface area (Å²) in [6, 6.07) is 0. The lowest BCUT2D eigenvalue weighted by atomic mass is 9.88. The van der Waals surface area contributed by atoms with Crippen LogP contribution in [0.5, 0.6) is 0 Å². The van der Waals surface area contributed by atoms with Crippen molar-refractivity contribution in [1.82, 2.24) is 20.3 Å². The number of hydrogen-bond acceptors (Lipinski definition) is 6. The van der Waals surface area contributed by atoms with Gasteiger partial charge in [-0.05, 0) is 5.41 Å². The lowest BCUT2D eigenvalue weighted by Gasteiger charge is -2.26. The maximum Gasteiger partial charge on any atom is 0.263 e. The van der Waals surface area contributed by atoms with Crippen molar-refractivity contribution < 1.29 is 9.26 Å². The molecule has 2 heterocycles. The molecule has 3 N–H and O–H groups in total. The van der Waals surface area contributed by atoms with Crippen LogP contribution in [0.2, 0.25) is 0 Å². The molecule has 0 spiro atoms. The summed E-state index contributed by atoms with van der Waals surface area (Å²) in [6.45, 7) is 6.14. The van der Waals surface area contributed by atoms with Gasteiger partial charge in [-0.2, -0.15) is 10.1 Å². The molecule has 2 aromatic heterocycles. The summed E-state index contributed by atoms with van der Waals surface area (Å²) in [4.78, 5) is 4.31. The summed E-state index contributed by atoms with van der Waals surface area (Å²) in [5.41, 5.74) is 6.17. The summed E-state index contributed by atoms with van der Waals surface area (Å²) in [6.07, 6.45) is 1.30. The van der Waals surface area contributed by atoms with E-state index in [9.17, 15) is 0 Å². The third kappa shape index (κ3) is 2.21. The van der Waals surface area contributed by atoms with Gasteiger partial charge in [-0.25, -0.2) is 0 Å². The lowest BCUT2D eigenvalue weighted by Crippen LogP contribution is -2.21. The van der Waals surface area contributed by atoms with E-state index in [1.807, 2.05) is 20.8 Å². The number of nitrogens with two attached hydrogens (primary N) is 1. The minimum absolute atomic E-state index is 0.127. The number of H-pyrrole nitrogens is 1. The van der Waals surface area contributed by atoms with Crippen molar-refractivity contribution in [2.75, 3.05) is 12.8 Å². The van der Waals surface area contributed by atoms with E-state index in [1.54, 1.807) is 13.3 Å². The van der Waals surface area contributed by atoms with Gasteiger partial charge in [-0.3, -0.25) is 5.10 Å². The van der Waals surface area contributed by atoms with E-state index < -0.39 is 0 Å². The molecule has 0 aliphatic rings. The fourth-order valence-electron chi connectivity index (χ4n) is 1.76. The largest absolute Gasteiger partial charge is 0.383 e. The molecule has 0 amide bonds. The first kappa shape index (κ1) is 12.6. The summed E-state index contributed by atoms with van der Waals surface area (Å²) in [7, 11) is 1.62. The standard InChI is InChI=1S/C11H17N5O2/c1-11(2,3)7(17-4)9-14-10(18-16-9)6-5-13-15-8(6)12/h5,7H,1-4H3,(H3,12,13,15). The van der Waals surface area contributed by atoms with E-state index in [1.165, 1.54) is 0 Å². The van der Waals surface area contributed by atoms with Gasteiger partial charge in [0.05, 0.1) is 6.20 Å². The number of nitrogens with zero attached hydrogens (tertiary/aromatic N) is 3. The fraction of sp³-hybridized carbons (Fsp3) is 0.545. The highest BCUT2D eigenvalue weighted by Gasteiger charge is 2.31. The van der Waals surface area contributed by atoms with Crippen molar-refractivity contribution in [1.29, 1.82) is 0 Å². The van der Waals surface area contributed by atoms with Crippen LogP contribution in [0.1, 0.15) is 32.7 Å². The minimum Gasteiger partial charge on any atom is -0.383 e. The van der Waals surface area contributed by atoms with E-state index >= 15 is 0 Å². The molecule has 0 radical (unpaired) electrons. The van der Waals surface area contributed by atoms with Crippen molar-refractivity contribution >= 4 is 5.82 Å². The molecule has 18 heavy (non-hydrogen) atoms. The quantitative estimate of drug-likeness (QED) is 0.861. The molecule has 0 aliphatic carbocycles. The molecule has 1 unspecified atom stereocenters. The highest BCUT2D eigenvalue weighted by molar-refractivity contribution is 5.65. The summed E-state index contributed by atoms with van der Waals surface area (Å²) in [5, 5.41) is 10.4. The van der Waals surface area contributed by atoms with Gasteiger partial charge in [-0.15, -0.1) is 0 Å². The van der Waals surface area contributed by atoms with Crippen LogP contribution in [-0.2, 0) is 4.74 Å². The molecule has 98 valence electrons. The number of nitrogens with one attached hydrogen (secondary N) is 1. The zero-order valence-electron chi connectivity index (χ0n) is 10.9. The Labute approximate surface area is 105 Å². The first-order valence-electron chi connectivity index (χ1n) is 5.59.